The van der Waals surface area contributed by atoms with Crippen LogP contribution in [0.2, 0.25) is 0 Å². The lowest BCUT2D eigenvalue weighted by atomic mass is 10.1. The second-order valence-electron chi connectivity index (χ2n) is 3.54. The normalized spacial score (nSPS) is 19.5. The summed E-state index contributed by atoms with van der Waals surface area (Å²) in [5, 5.41) is 11.2. The van der Waals surface area contributed by atoms with Gasteiger partial charge in [-0.15, -0.1) is 0 Å². The van der Waals surface area contributed by atoms with Crippen molar-refractivity contribution in [3.8, 4) is 6.19 Å². The van der Waals surface area contributed by atoms with Gasteiger partial charge in [-0.1, -0.05) is 0 Å². The predicted molar refractivity (Wildman–Crippen MR) is 56.7 cm³/mol. The summed E-state index contributed by atoms with van der Waals surface area (Å²) >= 11 is 0. The third-order valence-corrected chi connectivity index (χ3v) is 2.02. The van der Waals surface area contributed by atoms with E-state index in [0.29, 0.717) is 0 Å². The molecule has 0 aromatic rings. The highest BCUT2D eigenvalue weighted by molar-refractivity contribution is 5.99. The molecule has 0 saturated heterocycles. The van der Waals surface area contributed by atoms with Gasteiger partial charge in [-0.3, -0.25) is 10.3 Å². The minimum Gasteiger partial charge on any atom is -0.383 e. The van der Waals surface area contributed by atoms with E-state index in [1.54, 1.807) is 0 Å². The zero-order valence-electron chi connectivity index (χ0n) is 8.75. The maximum absolute atomic E-state index is 8.58. The molecule has 4 nitrogen and oxygen atoms in total. The molecule has 0 bridgehead atoms. The van der Waals surface area contributed by atoms with Crippen molar-refractivity contribution in [3.05, 3.63) is 11.8 Å². The predicted octanol–water partition coefficient (Wildman–Crippen LogP) is 1.08. The van der Waals surface area contributed by atoms with Crippen LogP contribution in [0, 0.1) is 11.5 Å². The first-order valence-electron chi connectivity index (χ1n) is 4.81. The van der Waals surface area contributed by atoms with Gasteiger partial charge in [0, 0.05) is 32.4 Å². The fourth-order valence-electron chi connectivity index (χ4n) is 1.45. The monoisotopic (exact) mass is 192 g/mol. The fourth-order valence-corrected chi connectivity index (χ4v) is 1.45. The van der Waals surface area contributed by atoms with Crippen LogP contribution in [-0.2, 0) is 0 Å². The first-order valence-corrected chi connectivity index (χ1v) is 4.81. The lowest BCUT2D eigenvalue weighted by Gasteiger charge is -2.11. The number of rotatable bonds is 1. The van der Waals surface area contributed by atoms with E-state index in [1.807, 2.05) is 31.4 Å². The molecule has 0 aromatic carbocycles. The van der Waals surface area contributed by atoms with Crippen LogP contribution >= 0.6 is 0 Å². The zero-order valence-corrected chi connectivity index (χ0v) is 8.75. The molecule has 0 atom stereocenters. The Kier molecular flexibility index (Phi) is 3.99. The van der Waals surface area contributed by atoms with Crippen molar-refractivity contribution < 1.29 is 0 Å². The average Bonchev–Trinajstić information content (AvgIpc) is 2.32. The highest BCUT2D eigenvalue weighted by atomic mass is 15.0. The topological polar surface area (TPSA) is 51.4 Å². The van der Waals surface area contributed by atoms with Crippen LogP contribution in [0.4, 0.5) is 0 Å². The lowest BCUT2D eigenvalue weighted by Crippen LogP contribution is -2.21. The summed E-state index contributed by atoms with van der Waals surface area (Å²) in [7, 11) is 3.95. The Balaban J connectivity index is 2.82. The van der Waals surface area contributed by atoms with E-state index in [9.17, 15) is 0 Å². The smallest absolute Gasteiger partial charge is 0.182 e. The molecule has 1 N–H and O–H groups in total. The maximum Gasteiger partial charge on any atom is 0.182 e. The molecule has 1 aliphatic rings. The second-order valence-corrected chi connectivity index (χ2v) is 3.54. The Morgan fingerprint density at radius 2 is 2.29 bits per heavy atom. The van der Waals surface area contributed by atoms with Crippen molar-refractivity contribution in [2.45, 2.75) is 19.3 Å². The molecule has 1 rings (SSSR count). The van der Waals surface area contributed by atoms with Gasteiger partial charge in [0.25, 0.3) is 0 Å². The third kappa shape index (κ3) is 3.09. The summed E-state index contributed by atoms with van der Waals surface area (Å²) in [5.41, 5.74) is 1.12. The summed E-state index contributed by atoms with van der Waals surface area (Å²) in [6, 6.07) is 0. The highest BCUT2D eigenvalue weighted by Crippen LogP contribution is 2.13. The summed E-state index contributed by atoms with van der Waals surface area (Å²) in [5.74, 6) is 0.735. The molecule has 0 fully saturated rings. The quantitative estimate of drug-likeness (QED) is 0.499. The molecule has 1 heterocycles. The van der Waals surface area contributed by atoms with E-state index in [1.165, 1.54) is 0 Å². The summed E-state index contributed by atoms with van der Waals surface area (Å²) < 4.78 is 0. The molecule has 14 heavy (non-hydrogen) atoms. The number of hydrogen-bond donors (Lipinski definition) is 1. The lowest BCUT2D eigenvalue weighted by molar-refractivity contribution is 0.557. The zero-order chi connectivity index (χ0) is 10.4. The Hall–Kier alpha value is -1.50. The standard InChI is InChI=1S/C10H16N4/c1-14(2)7-9-5-3-4-6-12-10(9)13-8-11/h7H,3-6H2,1-2H3,(H,12,13)/b9-7+. The maximum atomic E-state index is 8.58. The van der Waals surface area contributed by atoms with Crippen LogP contribution < -0.4 is 5.32 Å². The molecule has 0 aliphatic carbocycles. The summed E-state index contributed by atoms with van der Waals surface area (Å²) in [6.07, 6.45) is 7.18. The molecule has 4 heteroatoms. The first kappa shape index (κ1) is 10.6. The van der Waals surface area contributed by atoms with E-state index < -0.39 is 0 Å². The molecule has 0 saturated carbocycles. The van der Waals surface area contributed by atoms with Crippen LogP contribution in [0.1, 0.15) is 19.3 Å². The van der Waals surface area contributed by atoms with E-state index in [-0.39, 0.29) is 0 Å². The Morgan fingerprint density at radius 1 is 1.50 bits per heavy atom. The number of amidine groups is 1. The Morgan fingerprint density at radius 3 is 2.93 bits per heavy atom. The van der Waals surface area contributed by atoms with Crippen molar-refractivity contribution in [3.63, 3.8) is 0 Å². The van der Waals surface area contributed by atoms with Gasteiger partial charge >= 0.3 is 0 Å². The van der Waals surface area contributed by atoms with Crippen molar-refractivity contribution in [2.75, 3.05) is 20.6 Å². The molecular weight excluding hydrogens is 176 g/mol. The van der Waals surface area contributed by atoms with E-state index in [2.05, 4.69) is 10.3 Å². The van der Waals surface area contributed by atoms with Gasteiger partial charge in [0.1, 0.15) is 5.84 Å². The van der Waals surface area contributed by atoms with Crippen LogP contribution in [0.3, 0.4) is 0 Å². The third-order valence-electron chi connectivity index (χ3n) is 2.02. The first-order chi connectivity index (χ1) is 6.74. The van der Waals surface area contributed by atoms with E-state index in [4.69, 9.17) is 5.26 Å². The van der Waals surface area contributed by atoms with Gasteiger partial charge in [0.15, 0.2) is 6.19 Å². The highest BCUT2D eigenvalue weighted by Gasteiger charge is 2.10. The molecular formula is C10H16N4. The minimum atomic E-state index is 0.735. The molecule has 0 amide bonds. The van der Waals surface area contributed by atoms with Crippen molar-refractivity contribution >= 4 is 5.84 Å². The number of nitriles is 1. The largest absolute Gasteiger partial charge is 0.383 e. The second kappa shape index (κ2) is 5.28. The molecule has 0 spiro atoms. The van der Waals surface area contributed by atoms with Crippen molar-refractivity contribution in [1.29, 1.82) is 5.26 Å². The summed E-state index contributed by atoms with van der Waals surface area (Å²) in [6.45, 7) is 0.814. The number of hydrogen-bond acceptors (Lipinski definition) is 4. The van der Waals surface area contributed by atoms with E-state index >= 15 is 0 Å². The van der Waals surface area contributed by atoms with Crippen molar-refractivity contribution in [2.24, 2.45) is 4.99 Å². The number of nitrogens with one attached hydrogen (secondary N) is 1. The van der Waals surface area contributed by atoms with Gasteiger partial charge in [-0.05, 0) is 19.3 Å². The molecule has 0 radical (unpaired) electrons. The Labute approximate surface area is 84.9 Å². The van der Waals surface area contributed by atoms with Crippen molar-refractivity contribution in [1.82, 2.24) is 10.2 Å². The average molecular weight is 192 g/mol. The molecule has 0 unspecified atom stereocenters. The number of nitrogens with zero attached hydrogens (tertiary/aromatic N) is 3. The van der Waals surface area contributed by atoms with Crippen LogP contribution in [-0.4, -0.2) is 31.4 Å². The Bertz CT molecular complexity index is 283. The number of aliphatic imine (C=N–C) groups is 1. The minimum absolute atomic E-state index is 0.735. The van der Waals surface area contributed by atoms with Gasteiger partial charge < -0.3 is 4.90 Å². The van der Waals surface area contributed by atoms with Crippen LogP contribution in [0.25, 0.3) is 0 Å². The molecule has 1 aliphatic heterocycles. The van der Waals surface area contributed by atoms with E-state index in [0.717, 1.165) is 37.2 Å². The van der Waals surface area contributed by atoms with Gasteiger partial charge in [0.05, 0.1) is 0 Å². The van der Waals surface area contributed by atoms with Gasteiger partial charge in [-0.25, -0.2) is 0 Å². The van der Waals surface area contributed by atoms with Crippen LogP contribution in [0.15, 0.2) is 16.8 Å². The van der Waals surface area contributed by atoms with Gasteiger partial charge in [-0.2, -0.15) is 5.26 Å². The molecule has 76 valence electrons. The molecule has 0 aromatic heterocycles. The van der Waals surface area contributed by atoms with Gasteiger partial charge in [0.2, 0.25) is 0 Å². The summed E-state index contributed by atoms with van der Waals surface area (Å²) in [4.78, 5) is 6.32. The van der Waals surface area contributed by atoms with Crippen LogP contribution in [0.5, 0.6) is 0 Å². The fraction of sp³-hybridized carbons (Fsp3) is 0.600. The SMILES string of the molecule is CN(C)/C=C1\CCCCN=C1NC#N.